The molecule has 1 aliphatic rings. The van der Waals surface area contributed by atoms with Gasteiger partial charge in [0.1, 0.15) is 5.75 Å². The molecule has 154 valence electrons. The van der Waals surface area contributed by atoms with Gasteiger partial charge in [-0.15, -0.1) is 0 Å². The van der Waals surface area contributed by atoms with E-state index in [-0.39, 0.29) is 12.5 Å². The van der Waals surface area contributed by atoms with Crippen LogP contribution in [-0.2, 0) is 9.63 Å². The van der Waals surface area contributed by atoms with Gasteiger partial charge in [0.25, 0.3) is 0 Å². The van der Waals surface area contributed by atoms with Gasteiger partial charge in [-0.3, -0.25) is 4.79 Å². The average molecular weight is 418 g/mol. The van der Waals surface area contributed by atoms with E-state index in [0.29, 0.717) is 29.6 Å². The Hall–Kier alpha value is -2.77. The maximum Gasteiger partial charge on any atom is 0.303 e. The van der Waals surface area contributed by atoms with E-state index in [1.807, 2.05) is 50.2 Å². The van der Waals surface area contributed by atoms with Crippen LogP contribution in [0, 0.1) is 0 Å². The molecule has 8 heteroatoms. The zero-order chi connectivity index (χ0) is 20.8. The molecule has 0 bridgehead atoms. The van der Waals surface area contributed by atoms with E-state index < -0.39 is 12.2 Å². The normalized spacial score (nSPS) is 15.7. The van der Waals surface area contributed by atoms with Crippen molar-refractivity contribution >= 4 is 29.1 Å². The Kier molecular flexibility index (Phi) is 6.95. The molecule has 1 unspecified atom stereocenters. The molecule has 0 spiro atoms. The van der Waals surface area contributed by atoms with Crippen molar-refractivity contribution < 1.29 is 19.5 Å². The fourth-order valence-electron chi connectivity index (χ4n) is 2.79. The SMILES string of the molecule is CC(C)Oc1ccc(C2=NC(c3ccc(NCCCC(=O)O)cc3)ON2)cc1Cl. The van der Waals surface area contributed by atoms with Gasteiger partial charge in [0.2, 0.25) is 6.23 Å². The molecule has 0 aromatic heterocycles. The Morgan fingerprint density at radius 3 is 2.72 bits per heavy atom. The molecule has 0 radical (unpaired) electrons. The maximum absolute atomic E-state index is 10.5. The fraction of sp³-hybridized carbons (Fsp3) is 0.333. The van der Waals surface area contributed by atoms with Gasteiger partial charge < -0.3 is 15.2 Å². The number of benzene rings is 2. The monoisotopic (exact) mass is 417 g/mol. The minimum absolute atomic E-state index is 0.0441. The van der Waals surface area contributed by atoms with Gasteiger partial charge in [-0.2, -0.15) is 0 Å². The first kappa shape index (κ1) is 21.0. The van der Waals surface area contributed by atoms with Gasteiger partial charge in [-0.1, -0.05) is 23.7 Å². The van der Waals surface area contributed by atoms with Crippen LogP contribution >= 0.6 is 11.6 Å². The summed E-state index contributed by atoms with van der Waals surface area (Å²) in [5, 5.41) is 12.4. The van der Waals surface area contributed by atoms with Crippen LogP contribution in [0.15, 0.2) is 47.5 Å². The van der Waals surface area contributed by atoms with Crippen molar-refractivity contribution in [1.82, 2.24) is 5.48 Å². The van der Waals surface area contributed by atoms with Crippen LogP contribution in [0.1, 0.15) is 44.0 Å². The molecule has 1 aliphatic heterocycles. The van der Waals surface area contributed by atoms with Crippen LogP contribution in [0.25, 0.3) is 0 Å². The third-order valence-corrected chi connectivity index (χ3v) is 4.47. The van der Waals surface area contributed by atoms with E-state index in [0.717, 1.165) is 16.8 Å². The summed E-state index contributed by atoms with van der Waals surface area (Å²) >= 11 is 6.30. The van der Waals surface area contributed by atoms with Crippen molar-refractivity contribution in [1.29, 1.82) is 0 Å². The van der Waals surface area contributed by atoms with Gasteiger partial charge in [0.15, 0.2) is 5.84 Å². The lowest BCUT2D eigenvalue weighted by molar-refractivity contribution is -0.137. The summed E-state index contributed by atoms with van der Waals surface area (Å²) in [6.45, 7) is 4.50. The molecule has 1 heterocycles. The number of anilines is 1. The number of nitrogens with zero attached hydrogens (tertiary/aromatic N) is 1. The van der Waals surface area contributed by atoms with Gasteiger partial charge in [0.05, 0.1) is 11.1 Å². The van der Waals surface area contributed by atoms with Crippen LogP contribution in [0.2, 0.25) is 5.02 Å². The van der Waals surface area contributed by atoms with Crippen LogP contribution in [0.5, 0.6) is 5.75 Å². The third kappa shape index (κ3) is 5.85. The number of nitrogens with one attached hydrogen (secondary N) is 2. The fourth-order valence-corrected chi connectivity index (χ4v) is 3.02. The number of hydrogen-bond donors (Lipinski definition) is 3. The lowest BCUT2D eigenvalue weighted by Gasteiger charge is -2.12. The summed E-state index contributed by atoms with van der Waals surface area (Å²) in [5.41, 5.74) is 5.48. The van der Waals surface area contributed by atoms with Crippen molar-refractivity contribution in [3.8, 4) is 5.75 Å². The second-order valence-corrected chi connectivity index (χ2v) is 7.32. The van der Waals surface area contributed by atoms with E-state index in [2.05, 4.69) is 15.8 Å². The smallest absolute Gasteiger partial charge is 0.303 e. The average Bonchev–Trinajstić information content (AvgIpc) is 3.17. The second-order valence-electron chi connectivity index (χ2n) is 6.91. The summed E-state index contributed by atoms with van der Waals surface area (Å²) < 4.78 is 5.65. The first-order valence-corrected chi connectivity index (χ1v) is 9.82. The van der Waals surface area contributed by atoms with E-state index in [9.17, 15) is 4.79 Å². The van der Waals surface area contributed by atoms with Gasteiger partial charge in [-0.05, 0) is 50.6 Å². The molecule has 2 aromatic carbocycles. The van der Waals surface area contributed by atoms with Gasteiger partial charge in [-0.25, -0.2) is 15.3 Å². The standard InChI is InChI=1S/C21H24ClN3O4/c1-13(2)28-18-10-7-15(12-17(18)22)20-24-21(29-25-20)14-5-8-16(9-6-14)23-11-3-4-19(26)27/h5-10,12-13,21,23H,3-4,11H2,1-2H3,(H,24,25)(H,26,27). The maximum atomic E-state index is 10.5. The minimum Gasteiger partial charge on any atom is -0.489 e. The summed E-state index contributed by atoms with van der Waals surface area (Å²) in [6.07, 6.45) is 0.307. The molecule has 0 amide bonds. The Morgan fingerprint density at radius 1 is 1.31 bits per heavy atom. The molecule has 29 heavy (non-hydrogen) atoms. The van der Waals surface area contributed by atoms with Crippen molar-refractivity contribution in [3.05, 3.63) is 58.6 Å². The van der Waals surface area contributed by atoms with Crippen LogP contribution in [-0.4, -0.2) is 29.6 Å². The molecule has 0 fully saturated rings. The first-order chi connectivity index (χ1) is 13.9. The predicted octanol–water partition coefficient (Wildman–Crippen LogP) is 4.38. The van der Waals surface area contributed by atoms with Crippen LogP contribution in [0.3, 0.4) is 0 Å². The number of carboxylic acid groups (broad SMARTS) is 1. The molecular weight excluding hydrogens is 394 g/mol. The number of hydroxylamine groups is 1. The molecule has 0 aliphatic carbocycles. The van der Waals surface area contributed by atoms with Gasteiger partial charge >= 0.3 is 5.97 Å². The molecule has 0 saturated heterocycles. The zero-order valence-corrected chi connectivity index (χ0v) is 17.1. The molecule has 0 saturated carbocycles. The number of halogens is 1. The minimum atomic E-state index is -0.787. The highest BCUT2D eigenvalue weighted by Gasteiger charge is 2.21. The van der Waals surface area contributed by atoms with E-state index >= 15 is 0 Å². The number of ether oxygens (including phenoxy) is 1. The lowest BCUT2D eigenvalue weighted by atomic mass is 10.1. The number of hydrogen-bond acceptors (Lipinski definition) is 6. The van der Waals surface area contributed by atoms with Crippen molar-refractivity contribution in [2.45, 2.75) is 39.0 Å². The van der Waals surface area contributed by atoms with E-state index in [4.69, 9.17) is 26.3 Å². The Bertz CT molecular complexity index is 884. The van der Waals surface area contributed by atoms with E-state index in [1.165, 1.54) is 0 Å². The quantitative estimate of drug-likeness (QED) is 0.524. The number of carboxylic acids is 1. The van der Waals surface area contributed by atoms with Crippen molar-refractivity contribution in [2.75, 3.05) is 11.9 Å². The highest BCUT2D eigenvalue weighted by molar-refractivity contribution is 6.32. The Balaban J connectivity index is 1.62. The molecule has 7 nitrogen and oxygen atoms in total. The highest BCUT2D eigenvalue weighted by Crippen LogP contribution is 2.29. The summed E-state index contributed by atoms with van der Waals surface area (Å²) in [7, 11) is 0. The first-order valence-electron chi connectivity index (χ1n) is 9.44. The summed E-state index contributed by atoms with van der Waals surface area (Å²) in [5.74, 6) is 0.446. The Labute approximate surface area is 174 Å². The molecule has 3 N–H and O–H groups in total. The number of aliphatic carboxylic acids is 1. The highest BCUT2D eigenvalue weighted by atomic mass is 35.5. The lowest BCUT2D eigenvalue weighted by Crippen LogP contribution is -2.18. The largest absolute Gasteiger partial charge is 0.489 e. The van der Waals surface area contributed by atoms with Crippen molar-refractivity contribution in [3.63, 3.8) is 0 Å². The van der Waals surface area contributed by atoms with E-state index in [1.54, 1.807) is 6.07 Å². The summed E-state index contributed by atoms with van der Waals surface area (Å²) in [6, 6.07) is 13.2. The van der Waals surface area contributed by atoms with Crippen LogP contribution < -0.4 is 15.5 Å². The number of aliphatic imine (C=N–C) groups is 1. The molecule has 3 rings (SSSR count). The molecule has 1 atom stereocenters. The molecule has 2 aromatic rings. The second kappa shape index (κ2) is 9.62. The zero-order valence-electron chi connectivity index (χ0n) is 16.3. The topological polar surface area (TPSA) is 92.2 Å². The number of rotatable bonds is 9. The number of amidine groups is 1. The van der Waals surface area contributed by atoms with Crippen LogP contribution in [0.4, 0.5) is 5.69 Å². The molecular formula is C21H24ClN3O4. The Morgan fingerprint density at radius 2 is 2.07 bits per heavy atom. The predicted molar refractivity (Wildman–Crippen MR) is 113 cm³/mol. The van der Waals surface area contributed by atoms with Gasteiger partial charge in [0, 0.05) is 29.8 Å². The summed E-state index contributed by atoms with van der Waals surface area (Å²) in [4.78, 5) is 20.7. The third-order valence-electron chi connectivity index (χ3n) is 4.17. The number of carbonyl (C=O) groups is 1. The van der Waals surface area contributed by atoms with Crippen molar-refractivity contribution in [2.24, 2.45) is 4.99 Å².